The first kappa shape index (κ1) is 18.0. The molecule has 0 saturated heterocycles. The molecule has 0 saturated carbocycles. The lowest BCUT2D eigenvalue weighted by Gasteiger charge is -2.12. The highest BCUT2D eigenvalue weighted by Crippen LogP contribution is 2.19. The van der Waals surface area contributed by atoms with Crippen molar-refractivity contribution in [3.05, 3.63) is 0 Å². The van der Waals surface area contributed by atoms with Gasteiger partial charge in [0, 0.05) is 0 Å². The zero-order valence-corrected chi connectivity index (χ0v) is 13.6. The predicted octanol–water partition coefficient (Wildman–Crippen LogP) is 6.98. The molecule has 0 N–H and O–H groups in total. The monoisotopic (exact) mass is 254 g/mol. The van der Waals surface area contributed by atoms with Gasteiger partial charge in [-0.2, -0.15) is 0 Å². The van der Waals surface area contributed by atoms with Crippen LogP contribution >= 0.6 is 0 Å². The molecule has 0 aliphatic rings. The van der Waals surface area contributed by atoms with Crippen LogP contribution in [0.5, 0.6) is 0 Å². The largest absolute Gasteiger partial charge is 0.0654 e. The molecule has 0 aromatic carbocycles. The first-order chi connectivity index (χ1) is 8.70. The molecule has 110 valence electrons. The van der Waals surface area contributed by atoms with Crippen molar-refractivity contribution in [2.24, 2.45) is 11.8 Å². The molecular weight excluding hydrogens is 216 g/mol. The highest BCUT2D eigenvalue weighted by molar-refractivity contribution is 4.57. The van der Waals surface area contributed by atoms with Crippen LogP contribution in [-0.4, -0.2) is 0 Å². The number of hydrogen-bond donors (Lipinski definition) is 0. The summed E-state index contributed by atoms with van der Waals surface area (Å²) in [5.74, 6) is 1.93. The molecule has 0 heterocycles. The maximum absolute atomic E-state index is 2.45. The highest BCUT2D eigenvalue weighted by Gasteiger charge is 2.03. The summed E-state index contributed by atoms with van der Waals surface area (Å²) in [6.45, 7) is 9.46. The van der Waals surface area contributed by atoms with Crippen LogP contribution in [0.4, 0.5) is 0 Å². The Morgan fingerprint density at radius 2 is 0.944 bits per heavy atom. The van der Waals surface area contributed by atoms with E-state index in [4.69, 9.17) is 0 Å². The van der Waals surface area contributed by atoms with E-state index in [0.717, 1.165) is 11.8 Å². The number of unbranched alkanes of at least 4 members (excludes halogenated alkanes) is 5. The Morgan fingerprint density at radius 3 is 1.39 bits per heavy atom. The van der Waals surface area contributed by atoms with Crippen molar-refractivity contribution in [2.45, 2.75) is 105 Å². The zero-order chi connectivity index (χ0) is 13.6. The van der Waals surface area contributed by atoms with E-state index in [-0.39, 0.29) is 0 Å². The second kappa shape index (κ2) is 13.4. The standard InChI is InChI=1S/C18H38/c1-5-7-8-10-15-18(4)16-12-9-11-14-17(3)13-6-2/h17-18H,5-16H2,1-4H3. The Labute approximate surface area is 117 Å². The third kappa shape index (κ3) is 12.5. The van der Waals surface area contributed by atoms with Crippen molar-refractivity contribution >= 4 is 0 Å². The van der Waals surface area contributed by atoms with E-state index in [1.807, 2.05) is 0 Å². The molecule has 0 radical (unpaired) electrons. The molecule has 0 spiro atoms. The Kier molecular flexibility index (Phi) is 13.4. The summed E-state index contributed by atoms with van der Waals surface area (Å²) in [5.41, 5.74) is 0. The molecule has 0 aromatic heterocycles. The van der Waals surface area contributed by atoms with Gasteiger partial charge in [-0.1, -0.05) is 105 Å². The lowest BCUT2D eigenvalue weighted by atomic mass is 9.94. The molecule has 18 heavy (non-hydrogen) atoms. The maximum Gasteiger partial charge on any atom is -0.0443 e. The second-order valence-electron chi connectivity index (χ2n) is 6.49. The van der Waals surface area contributed by atoms with Crippen LogP contribution in [0.15, 0.2) is 0 Å². The van der Waals surface area contributed by atoms with Crippen molar-refractivity contribution in [2.75, 3.05) is 0 Å². The SMILES string of the molecule is CCCCCCC(C)CCCCCC(C)CCC. The van der Waals surface area contributed by atoms with Crippen LogP contribution < -0.4 is 0 Å². The molecule has 2 unspecified atom stereocenters. The quantitative estimate of drug-likeness (QED) is 0.311. The smallest absolute Gasteiger partial charge is 0.0443 e. The first-order valence-electron chi connectivity index (χ1n) is 8.70. The van der Waals surface area contributed by atoms with Crippen LogP contribution in [0.3, 0.4) is 0 Å². The van der Waals surface area contributed by atoms with Gasteiger partial charge in [0.25, 0.3) is 0 Å². The Bertz CT molecular complexity index is 150. The Balaban J connectivity index is 3.22. The average Bonchev–Trinajstić information content (AvgIpc) is 2.34. The second-order valence-corrected chi connectivity index (χ2v) is 6.49. The summed E-state index contributed by atoms with van der Waals surface area (Å²) in [6, 6.07) is 0. The molecule has 2 atom stereocenters. The Morgan fingerprint density at radius 1 is 0.500 bits per heavy atom. The number of hydrogen-bond acceptors (Lipinski definition) is 0. The summed E-state index contributed by atoms with van der Waals surface area (Å²) in [5, 5.41) is 0. The third-order valence-corrected chi connectivity index (χ3v) is 4.23. The van der Waals surface area contributed by atoms with Gasteiger partial charge in [0.2, 0.25) is 0 Å². The molecular formula is C18H38. The zero-order valence-electron chi connectivity index (χ0n) is 13.6. The van der Waals surface area contributed by atoms with Gasteiger partial charge in [-0.05, 0) is 11.8 Å². The van der Waals surface area contributed by atoms with Gasteiger partial charge < -0.3 is 0 Å². The van der Waals surface area contributed by atoms with E-state index in [2.05, 4.69) is 27.7 Å². The molecule has 0 amide bonds. The fraction of sp³-hybridized carbons (Fsp3) is 1.00. The minimum atomic E-state index is 0.960. The number of rotatable bonds is 13. The van der Waals surface area contributed by atoms with E-state index in [9.17, 15) is 0 Å². The average molecular weight is 255 g/mol. The molecule has 0 fully saturated rings. The fourth-order valence-corrected chi connectivity index (χ4v) is 2.86. The van der Waals surface area contributed by atoms with E-state index in [1.165, 1.54) is 77.0 Å². The Hall–Kier alpha value is 0. The predicted molar refractivity (Wildman–Crippen MR) is 85.1 cm³/mol. The normalized spacial score (nSPS) is 14.7. The van der Waals surface area contributed by atoms with E-state index in [0.29, 0.717) is 0 Å². The van der Waals surface area contributed by atoms with E-state index in [1.54, 1.807) is 0 Å². The van der Waals surface area contributed by atoms with Crippen molar-refractivity contribution in [3.8, 4) is 0 Å². The van der Waals surface area contributed by atoms with Gasteiger partial charge in [0.1, 0.15) is 0 Å². The van der Waals surface area contributed by atoms with Crippen molar-refractivity contribution in [3.63, 3.8) is 0 Å². The molecule has 0 bridgehead atoms. The molecule has 0 nitrogen and oxygen atoms in total. The van der Waals surface area contributed by atoms with E-state index < -0.39 is 0 Å². The lowest BCUT2D eigenvalue weighted by Crippen LogP contribution is -1.96. The summed E-state index contributed by atoms with van der Waals surface area (Å²) >= 11 is 0. The van der Waals surface area contributed by atoms with Crippen LogP contribution in [-0.2, 0) is 0 Å². The summed E-state index contributed by atoms with van der Waals surface area (Å²) < 4.78 is 0. The first-order valence-corrected chi connectivity index (χ1v) is 8.70. The van der Waals surface area contributed by atoms with Crippen LogP contribution in [0.25, 0.3) is 0 Å². The summed E-state index contributed by atoms with van der Waals surface area (Å²) in [7, 11) is 0. The fourth-order valence-electron chi connectivity index (χ4n) is 2.86. The van der Waals surface area contributed by atoms with Gasteiger partial charge in [0.15, 0.2) is 0 Å². The maximum atomic E-state index is 2.45. The van der Waals surface area contributed by atoms with Crippen molar-refractivity contribution < 1.29 is 0 Å². The van der Waals surface area contributed by atoms with Crippen LogP contribution in [0.2, 0.25) is 0 Å². The van der Waals surface area contributed by atoms with Crippen LogP contribution in [0.1, 0.15) is 105 Å². The minimum absolute atomic E-state index is 0.960. The third-order valence-electron chi connectivity index (χ3n) is 4.23. The van der Waals surface area contributed by atoms with Gasteiger partial charge in [-0.15, -0.1) is 0 Å². The minimum Gasteiger partial charge on any atom is -0.0654 e. The van der Waals surface area contributed by atoms with Crippen molar-refractivity contribution in [1.82, 2.24) is 0 Å². The van der Waals surface area contributed by atoms with Gasteiger partial charge >= 0.3 is 0 Å². The molecule has 0 aromatic rings. The molecule has 0 aliphatic carbocycles. The topological polar surface area (TPSA) is 0 Å². The molecule has 0 heteroatoms. The van der Waals surface area contributed by atoms with Gasteiger partial charge in [0.05, 0.1) is 0 Å². The highest BCUT2D eigenvalue weighted by atomic mass is 14.1. The molecule has 0 aliphatic heterocycles. The molecule has 0 rings (SSSR count). The van der Waals surface area contributed by atoms with Gasteiger partial charge in [-0.3, -0.25) is 0 Å². The van der Waals surface area contributed by atoms with E-state index >= 15 is 0 Å². The summed E-state index contributed by atoms with van der Waals surface area (Å²) in [6.07, 6.45) is 17.3. The van der Waals surface area contributed by atoms with Gasteiger partial charge in [-0.25, -0.2) is 0 Å². The van der Waals surface area contributed by atoms with Crippen LogP contribution in [0, 0.1) is 11.8 Å². The lowest BCUT2D eigenvalue weighted by molar-refractivity contribution is 0.415. The summed E-state index contributed by atoms with van der Waals surface area (Å²) in [4.78, 5) is 0. The van der Waals surface area contributed by atoms with Crippen molar-refractivity contribution in [1.29, 1.82) is 0 Å².